The Hall–Kier alpha value is -2.06. The van der Waals surface area contributed by atoms with Gasteiger partial charge >= 0.3 is 0 Å². The molecule has 1 aromatic heterocycles. The Morgan fingerprint density at radius 3 is 2.78 bits per heavy atom. The highest BCUT2D eigenvalue weighted by Gasteiger charge is 2.30. The molecule has 1 fully saturated rings. The van der Waals surface area contributed by atoms with Crippen LogP contribution in [-0.2, 0) is 4.79 Å². The van der Waals surface area contributed by atoms with Crippen molar-refractivity contribution in [2.75, 3.05) is 5.32 Å². The molecule has 2 rings (SSSR count). The molecule has 1 heterocycles. The van der Waals surface area contributed by atoms with Gasteiger partial charge in [0.25, 0.3) is 5.91 Å². The van der Waals surface area contributed by atoms with Crippen LogP contribution in [0.15, 0.2) is 29.7 Å². The van der Waals surface area contributed by atoms with Gasteiger partial charge in [-0.05, 0) is 25.0 Å². The number of aromatic nitrogens is 1. The third-order valence-electron chi connectivity index (χ3n) is 2.53. The highest BCUT2D eigenvalue weighted by Crippen LogP contribution is 2.36. The third-order valence-corrected chi connectivity index (χ3v) is 2.75. The van der Waals surface area contributed by atoms with E-state index in [2.05, 4.69) is 10.3 Å². The molecule has 2 N–H and O–H groups in total. The summed E-state index contributed by atoms with van der Waals surface area (Å²) in [6.07, 6.45) is 3.00. The average molecular weight is 264 g/mol. The van der Waals surface area contributed by atoms with Crippen molar-refractivity contribution in [2.24, 2.45) is 5.92 Å². The van der Waals surface area contributed by atoms with Crippen molar-refractivity contribution in [3.63, 3.8) is 0 Å². The van der Waals surface area contributed by atoms with Gasteiger partial charge in [0.15, 0.2) is 5.57 Å². The quantitative estimate of drug-likeness (QED) is 0.498. The maximum absolute atomic E-state index is 11.8. The predicted octanol–water partition coefficient (Wildman–Crippen LogP) is 2.42. The van der Waals surface area contributed by atoms with Gasteiger partial charge in [-0.3, -0.25) is 4.79 Å². The first kappa shape index (κ1) is 12.4. The van der Waals surface area contributed by atoms with Gasteiger partial charge in [-0.2, -0.15) is 5.26 Å². The van der Waals surface area contributed by atoms with Crippen molar-refractivity contribution in [3.8, 4) is 6.07 Å². The molecular formula is C12H10ClN3O2. The molecule has 5 nitrogen and oxygen atoms in total. The molecule has 0 bridgehead atoms. The molecule has 0 aromatic carbocycles. The number of halogens is 1. The second-order valence-electron chi connectivity index (χ2n) is 3.96. The number of carbonyl (C=O) groups excluding carboxylic acids is 1. The standard InChI is InChI=1S/C12H10ClN3O2/c13-8-3-4-10(15-6-8)16-12(18)9(5-14)11(17)7-1-2-7/h3-4,6-7,17H,1-2H2,(H,15,16,18)/b11-9-. The first-order chi connectivity index (χ1) is 8.61. The zero-order valence-electron chi connectivity index (χ0n) is 9.35. The Balaban J connectivity index is 2.14. The minimum absolute atomic E-state index is 0.0522. The Morgan fingerprint density at radius 2 is 2.28 bits per heavy atom. The molecule has 0 atom stereocenters. The van der Waals surface area contributed by atoms with Crippen molar-refractivity contribution in [2.45, 2.75) is 12.8 Å². The molecule has 1 aliphatic carbocycles. The summed E-state index contributed by atoms with van der Waals surface area (Å²) in [4.78, 5) is 15.7. The Bertz CT molecular complexity index is 541. The number of aliphatic hydroxyl groups excluding tert-OH is 1. The molecule has 0 radical (unpaired) electrons. The third kappa shape index (κ3) is 2.79. The van der Waals surface area contributed by atoms with E-state index in [1.54, 1.807) is 12.1 Å². The second-order valence-corrected chi connectivity index (χ2v) is 4.40. The van der Waals surface area contributed by atoms with E-state index in [1.165, 1.54) is 12.3 Å². The van der Waals surface area contributed by atoms with Crippen LogP contribution in [0.1, 0.15) is 12.8 Å². The fourth-order valence-electron chi connectivity index (χ4n) is 1.41. The SMILES string of the molecule is N#C/C(C(=O)Nc1ccc(Cl)cn1)=C(/O)C1CC1. The molecule has 1 aliphatic rings. The van der Waals surface area contributed by atoms with E-state index < -0.39 is 5.91 Å². The van der Waals surface area contributed by atoms with Crippen LogP contribution < -0.4 is 5.32 Å². The van der Waals surface area contributed by atoms with Gasteiger partial charge in [0.05, 0.1) is 5.02 Å². The molecule has 18 heavy (non-hydrogen) atoms. The number of aliphatic hydroxyl groups is 1. The van der Waals surface area contributed by atoms with E-state index in [9.17, 15) is 9.90 Å². The minimum atomic E-state index is -0.656. The lowest BCUT2D eigenvalue weighted by molar-refractivity contribution is -0.112. The van der Waals surface area contributed by atoms with Crippen LogP contribution in [0, 0.1) is 17.2 Å². The number of nitrogens with one attached hydrogen (secondary N) is 1. The number of anilines is 1. The van der Waals surface area contributed by atoms with E-state index in [0.717, 1.165) is 12.8 Å². The summed E-state index contributed by atoms with van der Waals surface area (Å²) >= 11 is 5.66. The van der Waals surface area contributed by atoms with Gasteiger partial charge in [-0.1, -0.05) is 11.6 Å². The molecule has 92 valence electrons. The van der Waals surface area contributed by atoms with E-state index in [1.807, 2.05) is 0 Å². The zero-order chi connectivity index (χ0) is 13.1. The van der Waals surface area contributed by atoms with E-state index in [4.69, 9.17) is 16.9 Å². The lowest BCUT2D eigenvalue weighted by atomic mass is 10.2. The normalized spacial score (nSPS) is 15.6. The topological polar surface area (TPSA) is 86.0 Å². The van der Waals surface area contributed by atoms with Gasteiger partial charge in [0.1, 0.15) is 17.6 Å². The molecule has 0 spiro atoms. The minimum Gasteiger partial charge on any atom is -0.510 e. The molecule has 1 aromatic rings. The fourth-order valence-corrected chi connectivity index (χ4v) is 1.53. The number of carbonyl (C=O) groups is 1. The van der Waals surface area contributed by atoms with Crippen LogP contribution in [0.3, 0.4) is 0 Å². The second kappa shape index (κ2) is 5.07. The van der Waals surface area contributed by atoms with Crippen molar-refractivity contribution in [3.05, 3.63) is 34.7 Å². The zero-order valence-corrected chi connectivity index (χ0v) is 10.1. The van der Waals surface area contributed by atoms with Crippen LogP contribution in [0.5, 0.6) is 0 Å². The monoisotopic (exact) mass is 263 g/mol. The van der Waals surface area contributed by atoms with Crippen LogP contribution in [-0.4, -0.2) is 16.0 Å². The number of nitriles is 1. The number of amides is 1. The molecule has 1 saturated carbocycles. The first-order valence-corrected chi connectivity index (χ1v) is 5.75. The smallest absolute Gasteiger partial charge is 0.270 e. The number of allylic oxidation sites excluding steroid dienone is 1. The Morgan fingerprint density at radius 1 is 1.56 bits per heavy atom. The van der Waals surface area contributed by atoms with Crippen LogP contribution in [0.4, 0.5) is 5.82 Å². The van der Waals surface area contributed by atoms with E-state index >= 15 is 0 Å². The largest absolute Gasteiger partial charge is 0.510 e. The van der Waals surface area contributed by atoms with Crippen LogP contribution >= 0.6 is 11.6 Å². The van der Waals surface area contributed by atoms with Crippen LogP contribution in [0.2, 0.25) is 5.02 Å². The van der Waals surface area contributed by atoms with Gasteiger partial charge in [0, 0.05) is 12.1 Å². The summed E-state index contributed by atoms with van der Waals surface area (Å²) in [6.45, 7) is 0. The summed E-state index contributed by atoms with van der Waals surface area (Å²) in [6, 6.07) is 4.81. The van der Waals surface area contributed by atoms with Crippen molar-refractivity contribution >= 4 is 23.3 Å². The summed E-state index contributed by atoms with van der Waals surface area (Å²) < 4.78 is 0. The highest BCUT2D eigenvalue weighted by atomic mass is 35.5. The van der Waals surface area contributed by atoms with Gasteiger partial charge < -0.3 is 10.4 Å². The number of hydrogen-bond donors (Lipinski definition) is 2. The molecule has 0 unspecified atom stereocenters. The lowest BCUT2D eigenvalue weighted by Crippen LogP contribution is -2.16. The maximum atomic E-state index is 11.8. The predicted molar refractivity (Wildman–Crippen MR) is 65.9 cm³/mol. The van der Waals surface area contributed by atoms with E-state index in [0.29, 0.717) is 5.02 Å². The lowest BCUT2D eigenvalue weighted by Gasteiger charge is -2.05. The molecule has 0 saturated heterocycles. The average Bonchev–Trinajstić information content (AvgIpc) is 3.17. The van der Waals surface area contributed by atoms with Gasteiger partial charge in [-0.25, -0.2) is 4.98 Å². The first-order valence-electron chi connectivity index (χ1n) is 5.38. The molecule has 0 aliphatic heterocycles. The van der Waals surface area contributed by atoms with Crippen LogP contribution in [0.25, 0.3) is 0 Å². The van der Waals surface area contributed by atoms with Crippen molar-refractivity contribution in [1.82, 2.24) is 4.98 Å². The summed E-state index contributed by atoms with van der Waals surface area (Å²) in [5.74, 6) is -0.565. The number of rotatable bonds is 3. The highest BCUT2D eigenvalue weighted by molar-refractivity contribution is 6.30. The van der Waals surface area contributed by atoms with Gasteiger partial charge in [-0.15, -0.1) is 0 Å². The molecular weight excluding hydrogens is 254 g/mol. The van der Waals surface area contributed by atoms with Gasteiger partial charge in [0.2, 0.25) is 0 Å². The van der Waals surface area contributed by atoms with Crippen molar-refractivity contribution in [1.29, 1.82) is 5.26 Å². The summed E-state index contributed by atoms with van der Waals surface area (Å²) in [5, 5.41) is 21.5. The number of hydrogen-bond acceptors (Lipinski definition) is 4. The van der Waals surface area contributed by atoms with Crippen molar-refractivity contribution < 1.29 is 9.90 Å². The number of nitrogens with zero attached hydrogens (tertiary/aromatic N) is 2. The van der Waals surface area contributed by atoms with E-state index in [-0.39, 0.29) is 23.1 Å². The summed E-state index contributed by atoms with van der Waals surface area (Å²) in [5.41, 5.74) is -0.255. The Labute approximate surface area is 109 Å². The Kier molecular flexibility index (Phi) is 3.49. The number of pyridine rings is 1. The summed E-state index contributed by atoms with van der Waals surface area (Å²) in [7, 11) is 0. The fraction of sp³-hybridized carbons (Fsp3) is 0.250. The molecule has 1 amide bonds. The maximum Gasteiger partial charge on any atom is 0.270 e. The molecule has 6 heteroatoms.